The second kappa shape index (κ2) is 8.24. The lowest BCUT2D eigenvalue weighted by Crippen LogP contribution is -2.08. The smallest absolute Gasteiger partial charge is 0.357 e. The Bertz CT molecular complexity index is 1180. The van der Waals surface area contributed by atoms with Gasteiger partial charge < -0.3 is 9.47 Å². The van der Waals surface area contributed by atoms with Crippen LogP contribution in [0, 0.1) is 5.82 Å². The molecule has 0 fully saturated rings. The average molecular weight is 409 g/mol. The minimum Gasteiger partial charge on any atom is -0.456 e. The van der Waals surface area contributed by atoms with E-state index in [0.29, 0.717) is 21.7 Å². The molecule has 4 rings (SSSR count). The Hall–Kier alpha value is -3.51. The molecule has 29 heavy (non-hydrogen) atoms. The number of benzene rings is 2. The molecule has 0 aliphatic rings. The standard InChI is InChI=1S/C22H14ClFN2O3/c23-16-7-9-17(10-8-16)29-20-6-2-5-19(26-20)22(27)28-13-14-11-15-3-1-4-18(24)21(15)25-12-14/h1-12H,13H2. The predicted octanol–water partition coefficient (Wildman–Crippen LogP) is 5.57. The van der Waals surface area contributed by atoms with Crippen molar-refractivity contribution in [2.75, 3.05) is 0 Å². The molecule has 0 aliphatic carbocycles. The van der Waals surface area contributed by atoms with Gasteiger partial charge >= 0.3 is 5.97 Å². The van der Waals surface area contributed by atoms with Crippen LogP contribution in [0.5, 0.6) is 11.6 Å². The summed E-state index contributed by atoms with van der Waals surface area (Å²) in [5.74, 6) is -0.204. The monoisotopic (exact) mass is 408 g/mol. The zero-order valence-corrected chi connectivity index (χ0v) is 15.8. The number of carbonyl (C=O) groups excluding carboxylic acids is 1. The number of esters is 1. The van der Waals surface area contributed by atoms with Gasteiger partial charge in [-0.05, 0) is 42.5 Å². The highest BCUT2D eigenvalue weighted by Gasteiger charge is 2.12. The summed E-state index contributed by atoms with van der Waals surface area (Å²) < 4.78 is 24.6. The van der Waals surface area contributed by atoms with Gasteiger partial charge in [0.15, 0.2) is 5.69 Å². The number of para-hydroxylation sites is 1. The van der Waals surface area contributed by atoms with Crippen LogP contribution < -0.4 is 4.74 Å². The summed E-state index contributed by atoms with van der Waals surface area (Å²) in [6.45, 7) is -0.0117. The van der Waals surface area contributed by atoms with E-state index in [1.54, 1.807) is 54.6 Å². The first-order chi connectivity index (χ1) is 14.1. The Morgan fingerprint density at radius 3 is 2.66 bits per heavy atom. The fourth-order valence-electron chi connectivity index (χ4n) is 2.68. The van der Waals surface area contributed by atoms with E-state index in [4.69, 9.17) is 21.1 Å². The van der Waals surface area contributed by atoms with Crippen LogP contribution in [-0.2, 0) is 11.3 Å². The molecule has 7 heteroatoms. The van der Waals surface area contributed by atoms with E-state index in [-0.39, 0.29) is 23.7 Å². The quantitative estimate of drug-likeness (QED) is 0.404. The highest BCUT2D eigenvalue weighted by molar-refractivity contribution is 6.30. The average Bonchev–Trinajstić information content (AvgIpc) is 2.74. The van der Waals surface area contributed by atoms with Crippen molar-refractivity contribution in [3.8, 4) is 11.6 Å². The Balaban J connectivity index is 1.44. The molecule has 4 aromatic rings. The highest BCUT2D eigenvalue weighted by Crippen LogP contribution is 2.22. The van der Waals surface area contributed by atoms with Crippen molar-refractivity contribution in [2.24, 2.45) is 0 Å². The molecule has 0 saturated carbocycles. The van der Waals surface area contributed by atoms with Gasteiger partial charge in [-0.25, -0.2) is 14.2 Å². The maximum Gasteiger partial charge on any atom is 0.357 e. The molecule has 0 aliphatic heterocycles. The first-order valence-corrected chi connectivity index (χ1v) is 9.07. The normalized spacial score (nSPS) is 10.7. The summed E-state index contributed by atoms with van der Waals surface area (Å²) in [5, 5.41) is 1.23. The molecule has 0 unspecified atom stereocenters. The predicted molar refractivity (Wildman–Crippen MR) is 107 cm³/mol. The molecular weight excluding hydrogens is 395 g/mol. The Labute approximate surface area is 170 Å². The van der Waals surface area contributed by atoms with E-state index in [0.717, 1.165) is 0 Å². The lowest BCUT2D eigenvalue weighted by molar-refractivity contribution is 0.0464. The van der Waals surface area contributed by atoms with Crippen molar-refractivity contribution >= 4 is 28.5 Å². The third kappa shape index (κ3) is 4.50. The van der Waals surface area contributed by atoms with Gasteiger partial charge in [-0.3, -0.25) is 4.98 Å². The number of pyridine rings is 2. The maximum absolute atomic E-state index is 13.7. The van der Waals surface area contributed by atoms with E-state index in [2.05, 4.69) is 9.97 Å². The number of carbonyl (C=O) groups is 1. The maximum atomic E-state index is 13.7. The van der Waals surface area contributed by atoms with Crippen molar-refractivity contribution in [3.05, 3.63) is 95.0 Å². The fourth-order valence-corrected chi connectivity index (χ4v) is 2.81. The minimum atomic E-state index is -0.606. The summed E-state index contributed by atoms with van der Waals surface area (Å²) in [5.41, 5.74) is 1.03. The third-order valence-electron chi connectivity index (χ3n) is 4.06. The number of rotatable bonds is 5. The van der Waals surface area contributed by atoms with Crippen molar-refractivity contribution in [3.63, 3.8) is 0 Å². The number of hydrogen-bond acceptors (Lipinski definition) is 5. The molecule has 0 atom stereocenters. The van der Waals surface area contributed by atoms with Gasteiger partial charge in [-0.15, -0.1) is 0 Å². The molecule has 0 radical (unpaired) electrons. The molecule has 5 nitrogen and oxygen atoms in total. The summed E-state index contributed by atoms with van der Waals surface area (Å²) in [6, 6.07) is 18.0. The van der Waals surface area contributed by atoms with Crippen molar-refractivity contribution in [1.82, 2.24) is 9.97 Å². The third-order valence-corrected chi connectivity index (χ3v) is 4.31. The van der Waals surface area contributed by atoms with Gasteiger partial charge in [-0.1, -0.05) is 29.8 Å². The van der Waals surface area contributed by atoms with Gasteiger partial charge in [0.25, 0.3) is 0 Å². The van der Waals surface area contributed by atoms with Gasteiger partial charge in [0.05, 0.1) is 0 Å². The van der Waals surface area contributed by atoms with Crippen LogP contribution in [0.4, 0.5) is 4.39 Å². The van der Waals surface area contributed by atoms with Crippen LogP contribution in [0.1, 0.15) is 16.1 Å². The van der Waals surface area contributed by atoms with E-state index < -0.39 is 11.8 Å². The Morgan fingerprint density at radius 1 is 1.03 bits per heavy atom. The Morgan fingerprint density at radius 2 is 1.83 bits per heavy atom. The van der Waals surface area contributed by atoms with Gasteiger partial charge in [0.1, 0.15) is 23.7 Å². The van der Waals surface area contributed by atoms with Crippen molar-refractivity contribution in [1.29, 1.82) is 0 Å². The molecule has 0 amide bonds. The van der Waals surface area contributed by atoms with E-state index in [9.17, 15) is 9.18 Å². The fraction of sp³-hybridized carbons (Fsp3) is 0.0455. The lowest BCUT2D eigenvalue weighted by atomic mass is 10.1. The highest BCUT2D eigenvalue weighted by atomic mass is 35.5. The van der Waals surface area contributed by atoms with Crippen molar-refractivity contribution < 1.29 is 18.7 Å². The summed E-state index contributed by atoms with van der Waals surface area (Å²) in [6.07, 6.45) is 1.48. The van der Waals surface area contributed by atoms with E-state index in [1.165, 1.54) is 18.3 Å². The van der Waals surface area contributed by atoms with Gasteiger partial charge in [-0.2, -0.15) is 0 Å². The zero-order valence-electron chi connectivity index (χ0n) is 15.0. The Kier molecular flexibility index (Phi) is 5.35. The second-order valence-electron chi connectivity index (χ2n) is 6.15. The van der Waals surface area contributed by atoms with E-state index >= 15 is 0 Å². The SMILES string of the molecule is O=C(OCc1cnc2c(F)cccc2c1)c1cccc(Oc2ccc(Cl)cc2)n1. The van der Waals surface area contributed by atoms with E-state index in [1.807, 2.05) is 0 Å². The number of fused-ring (bicyclic) bond motifs is 1. The lowest BCUT2D eigenvalue weighted by Gasteiger charge is -2.08. The van der Waals surface area contributed by atoms with Crippen LogP contribution in [0.3, 0.4) is 0 Å². The molecular formula is C22H14ClFN2O3. The van der Waals surface area contributed by atoms with Crippen LogP contribution in [0.15, 0.2) is 72.9 Å². The van der Waals surface area contributed by atoms with Gasteiger partial charge in [0, 0.05) is 28.2 Å². The summed E-state index contributed by atoms with van der Waals surface area (Å²) in [4.78, 5) is 20.6. The first kappa shape index (κ1) is 18.8. The number of halogens is 2. The molecule has 0 spiro atoms. The number of nitrogens with zero attached hydrogens (tertiary/aromatic N) is 2. The number of aromatic nitrogens is 2. The summed E-state index contributed by atoms with van der Waals surface area (Å²) in [7, 11) is 0. The summed E-state index contributed by atoms with van der Waals surface area (Å²) >= 11 is 5.85. The molecule has 2 heterocycles. The number of ether oxygens (including phenoxy) is 2. The molecule has 2 aromatic heterocycles. The molecule has 0 bridgehead atoms. The first-order valence-electron chi connectivity index (χ1n) is 8.69. The zero-order chi connectivity index (χ0) is 20.2. The molecule has 0 N–H and O–H groups in total. The number of hydrogen-bond donors (Lipinski definition) is 0. The molecule has 0 saturated heterocycles. The molecule has 144 valence electrons. The largest absolute Gasteiger partial charge is 0.456 e. The van der Waals surface area contributed by atoms with Gasteiger partial charge in [0.2, 0.25) is 5.88 Å². The van der Waals surface area contributed by atoms with Crippen LogP contribution in [0.2, 0.25) is 5.02 Å². The van der Waals surface area contributed by atoms with Crippen LogP contribution in [-0.4, -0.2) is 15.9 Å². The minimum absolute atomic E-state index is 0.0117. The second-order valence-corrected chi connectivity index (χ2v) is 6.58. The van der Waals surface area contributed by atoms with Crippen LogP contribution in [0.25, 0.3) is 10.9 Å². The van der Waals surface area contributed by atoms with Crippen LogP contribution >= 0.6 is 11.6 Å². The topological polar surface area (TPSA) is 61.3 Å². The van der Waals surface area contributed by atoms with Crippen molar-refractivity contribution in [2.45, 2.75) is 6.61 Å². The molecule has 2 aromatic carbocycles.